The molecule has 1 aliphatic heterocycles. The Kier molecular flexibility index (Phi) is 8.80. The number of hydrogen-bond donors (Lipinski definition) is 2. The van der Waals surface area contributed by atoms with E-state index in [0.29, 0.717) is 12.2 Å². The molecule has 0 unspecified atom stereocenters. The molecule has 0 aromatic heterocycles. The average Bonchev–Trinajstić information content (AvgIpc) is 3.26. The second kappa shape index (κ2) is 12.0. The van der Waals surface area contributed by atoms with Crippen LogP contribution >= 0.6 is 0 Å². The number of nitrogens with zero attached hydrogens (tertiary/aromatic N) is 1. The first kappa shape index (κ1) is 24.2. The molecule has 1 fully saturated rings. The summed E-state index contributed by atoms with van der Waals surface area (Å²) in [6, 6.07) is 15.1. The van der Waals surface area contributed by atoms with Gasteiger partial charge in [-0.2, -0.15) is 0 Å². The summed E-state index contributed by atoms with van der Waals surface area (Å²) in [5.41, 5.74) is 7.00. The maximum absolute atomic E-state index is 9.55. The van der Waals surface area contributed by atoms with Crippen LogP contribution in [0, 0.1) is 0 Å². The summed E-state index contributed by atoms with van der Waals surface area (Å²) < 4.78 is 10.7. The molecule has 33 heavy (non-hydrogen) atoms. The highest BCUT2D eigenvalue weighted by atomic mass is 16.5. The van der Waals surface area contributed by atoms with E-state index >= 15 is 0 Å². The van der Waals surface area contributed by atoms with Crippen LogP contribution in [0.4, 0.5) is 0 Å². The van der Waals surface area contributed by atoms with Gasteiger partial charge in [0.15, 0.2) is 0 Å². The fourth-order valence-electron chi connectivity index (χ4n) is 3.97. The van der Waals surface area contributed by atoms with Crippen molar-refractivity contribution in [2.75, 3.05) is 40.0 Å². The minimum atomic E-state index is -1.26. The van der Waals surface area contributed by atoms with E-state index in [1.807, 2.05) is 12.1 Å². The molecule has 0 amide bonds. The number of benzene rings is 2. The van der Waals surface area contributed by atoms with E-state index in [1.54, 1.807) is 7.11 Å². The number of carboxylic acid groups (broad SMARTS) is 2. The van der Waals surface area contributed by atoms with Crippen molar-refractivity contribution >= 4 is 17.5 Å². The highest BCUT2D eigenvalue weighted by Gasteiger charge is 2.19. The van der Waals surface area contributed by atoms with Crippen LogP contribution in [0.15, 0.2) is 60.7 Å². The third-order valence-corrected chi connectivity index (χ3v) is 5.65. The topological polar surface area (TPSA) is 96.3 Å². The van der Waals surface area contributed by atoms with E-state index in [0.717, 1.165) is 51.4 Å². The van der Waals surface area contributed by atoms with Gasteiger partial charge in [-0.15, -0.1) is 0 Å². The Hall–Kier alpha value is -3.42. The molecular weight excluding hydrogens is 422 g/mol. The first-order valence-corrected chi connectivity index (χ1v) is 10.9. The molecule has 4 rings (SSSR count). The van der Waals surface area contributed by atoms with Gasteiger partial charge in [0.25, 0.3) is 0 Å². The summed E-state index contributed by atoms with van der Waals surface area (Å²) >= 11 is 0. The Bertz CT molecular complexity index is 1000. The zero-order chi connectivity index (χ0) is 23.6. The molecule has 0 atom stereocenters. The molecule has 2 aromatic rings. The predicted molar refractivity (Wildman–Crippen MR) is 126 cm³/mol. The molecule has 0 radical (unpaired) electrons. The minimum absolute atomic E-state index is 0.558. The number of ether oxygens (including phenoxy) is 2. The normalized spacial score (nSPS) is 15.4. The van der Waals surface area contributed by atoms with Crippen LogP contribution in [0.5, 0.6) is 5.75 Å². The average molecular weight is 452 g/mol. The summed E-state index contributed by atoms with van der Waals surface area (Å²) in [5, 5.41) is 15.6. The van der Waals surface area contributed by atoms with E-state index in [4.69, 9.17) is 19.7 Å². The lowest BCUT2D eigenvalue weighted by atomic mass is 9.94. The lowest BCUT2D eigenvalue weighted by molar-refractivity contribution is -0.134. The molecule has 1 aliphatic carbocycles. The molecule has 7 heteroatoms. The number of carbonyl (C=O) groups is 2. The van der Waals surface area contributed by atoms with Gasteiger partial charge in [0, 0.05) is 31.8 Å². The molecule has 0 bridgehead atoms. The highest BCUT2D eigenvalue weighted by Crippen LogP contribution is 2.37. The van der Waals surface area contributed by atoms with Crippen molar-refractivity contribution in [1.29, 1.82) is 0 Å². The number of aliphatic carboxylic acids is 2. The molecule has 1 heterocycles. The van der Waals surface area contributed by atoms with Crippen molar-refractivity contribution in [3.63, 3.8) is 0 Å². The van der Waals surface area contributed by atoms with Crippen molar-refractivity contribution in [3.05, 3.63) is 71.8 Å². The molecule has 0 saturated carbocycles. The van der Waals surface area contributed by atoms with Gasteiger partial charge < -0.3 is 19.7 Å². The number of methoxy groups -OCH3 is 1. The Balaban J connectivity index is 0.000000331. The fraction of sp³-hybridized carbons (Fsp3) is 0.308. The lowest BCUT2D eigenvalue weighted by Gasteiger charge is -2.26. The predicted octanol–water partition coefficient (Wildman–Crippen LogP) is 3.74. The zero-order valence-corrected chi connectivity index (χ0v) is 18.7. The first-order valence-electron chi connectivity index (χ1n) is 10.9. The number of morpholine rings is 1. The third kappa shape index (κ3) is 7.03. The number of fused-ring (bicyclic) bond motifs is 1. The van der Waals surface area contributed by atoms with Gasteiger partial charge >= 0.3 is 11.9 Å². The van der Waals surface area contributed by atoms with Gasteiger partial charge in [0.05, 0.1) is 20.3 Å². The first-order chi connectivity index (χ1) is 16.0. The molecular formula is C26H29NO6. The highest BCUT2D eigenvalue weighted by molar-refractivity contribution is 5.89. The van der Waals surface area contributed by atoms with E-state index < -0.39 is 11.9 Å². The van der Waals surface area contributed by atoms with Crippen LogP contribution in [0.25, 0.3) is 16.7 Å². The van der Waals surface area contributed by atoms with E-state index in [1.165, 1.54) is 27.8 Å². The maximum atomic E-state index is 9.55. The van der Waals surface area contributed by atoms with Crippen molar-refractivity contribution < 1.29 is 29.3 Å². The van der Waals surface area contributed by atoms with Gasteiger partial charge in [0.1, 0.15) is 5.75 Å². The number of hydrogen-bond acceptors (Lipinski definition) is 5. The Labute approximate surface area is 193 Å². The van der Waals surface area contributed by atoms with Gasteiger partial charge in [-0.1, -0.05) is 36.4 Å². The molecule has 1 saturated heterocycles. The summed E-state index contributed by atoms with van der Waals surface area (Å²) in [7, 11) is 1.71. The Morgan fingerprint density at radius 3 is 2.24 bits per heavy atom. The number of carboxylic acids is 2. The van der Waals surface area contributed by atoms with Crippen molar-refractivity contribution in [2.45, 2.75) is 12.8 Å². The van der Waals surface area contributed by atoms with Crippen LogP contribution in [-0.2, 0) is 20.7 Å². The van der Waals surface area contributed by atoms with Crippen molar-refractivity contribution in [1.82, 2.24) is 4.90 Å². The van der Waals surface area contributed by atoms with Gasteiger partial charge in [-0.25, -0.2) is 9.59 Å². The standard InChI is InChI=1S/C22H25NO2.C4H4O4/c1-24-19-8-5-17(6-9-19)20-3-2-4-21-18(7-10-22(20)21)11-12-23-13-15-25-16-14-23;5-3(6)1-2-4(7)8/h2-9H,10-16H2,1H3;1-2H,(H,5,6)(H,7,8)/b;2-1-. The van der Waals surface area contributed by atoms with Crippen molar-refractivity contribution in [3.8, 4) is 16.9 Å². The maximum Gasteiger partial charge on any atom is 0.328 e. The third-order valence-electron chi connectivity index (χ3n) is 5.65. The lowest BCUT2D eigenvalue weighted by Crippen LogP contribution is -2.36. The van der Waals surface area contributed by atoms with Gasteiger partial charge in [-0.05, 0) is 52.8 Å². The summed E-state index contributed by atoms with van der Waals surface area (Å²) in [6.07, 6.45) is 5.69. The monoisotopic (exact) mass is 451 g/mol. The van der Waals surface area contributed by atoms with E-state index in [-0.39, 0.29) is 0 Å². The minimum Gasteiger partial charge on any atom is -0.497 e. The SMILES string of the molecule is COc1ccc(-c2cccc3c2CC=C3CCN2CCOCC2)cc1.O=C(O)/C=C\C(=O)O. The van der Waals surface area contributed by atoms with Crippen LogP contribution in [0.1, 0.15) is 17.5 Å². The van der Waals surface area contributed by atoms with Gasteiger partial charge in [-0.3, -0.25) is 4.90 Å². The zero-order valence-electron chi connectivity index (χ0n) is 18.7. The van der Waals surface area contributed by atoms with Gasteiger partial charge in [0.2, 0.25) is 0 Å². The summed E-state index contributed by atoms with van der Waals surface area (Å²) in [4.78, 5) is 21.6. The van der Waals surface area contributed by atoms with Crippen LogP contribution in [-0.4, -0.2) is 67.0 Å². The molecule has 7 nitrogen and oxygen atoms in total. The second-order valence-corrected chi connectivity index (χ2v) is 7.71. The molecule has 174 valence electrons. The quantitative estimate of drug-likeness (QED) is 0.619. The second-order valence-electron chi connectivity index (χ2n) is 7.71. The molecule has 2 aliphatic rings. The Morgan fingerprint density at radius 2 is 1.64 bits per heavy atom. The van der Waals surface area contributed by atoms with Crippen LogP contribution in [0.2, 0.25) is 0 Å². The van der Waals surface area contributed by atoms with Crippen LogP contribution < -0.4 is 4.74 Å². The molecule has 2 N–H and O–H groups in total. The fourth-order valence-corrected chi connectivity index (χ4v) is 3.97. The van der Waals surface area contributed by atoms with Crippen molar-refractivity contribution in [2.24, 2.45) is 0 Å². The summed E-state index contributed by atoms with van der Waals surface area (Å²) in [5.74, 6) is -1.61. The van der Waals surface area contributed by atoms with E-state index in [2.05, 4.69) is 41.3 Å². The summed E-state index contributed by atoms with van der Waals surface area (Å²) in [6.45, 7) is 4.99. The number of allylic oxidation sites excluding steroid dienone is 1. The largest absolute Gasteiger partial charge is 0.497 e. The smallest absolute Gasteiger partial charge is 0.328 e. The Morgan fingerprint density at radius 1 is 1.00 bits per heavy atom. The van der Waals surface area contributed by atoms with E-state index in [9.17, 15) is 9.59 Å². The molecule has 2 aromatic carbocycles. The molecule has 0 spiro atoms. The van der Waals surface area contributed by atoms with Crippen LogP contribution in [0.3, 0.4) is 0 Å². The number of rotatable bonds is 7.